The minimum absolute atomic E-state index is 0.159. The van der Waals surface area contributed by atoms with Crippen LogP contribution in [0, 0.1) is 11.6 Å². The summed E-state index contributed by atoms with van der Waals surface area (Å²) in [5.74, 6) is -1.64. The van der Waals surface area contributed by atoms with Crippen LogP contribution < -0.4 is 10.5 Å². The molecule has 5 nitrogen and oxygen atoms in total. The summed E-state index contributed by atoms with van der Waals surface area (Å²) in [7, 11) is -4.00. The van der Waals surface area contributed by atoms with Gasteiger partial charge in [-0.1, -0.05) is 0 Å². The summed E-state index contributed by atoms with van der Waals surface area (Å²) in [5.41, 5.74) is 4.99. The lowest BCUT2D eigenvalue weighted by Gasteiger charge is -2.08. The maximum absolute atomic E-state index is 13.4. The van der Waals surface area contributed by atoms with E-state index < -0.39 is 21.7 Å². The molecule has 0 unspecified atom stereocenters. The molecule has 0 aliphatic rings. The summed E-state index contributed by atoms with van der Waals surface area (Å²) in [4.78, 5) is 3.45. The second-order valence-corrected chi connectivity index (χ2v) is 5.33. The van der Waals surface area contributed by atoms with Gasteiger partial charge in [-0.2, -0.15) is 0 Å². The Morgan fingerprint density at radius 1 is 1.16 bits per heavy atom. The van der Waals surface area contributed by atoms with Crippen LogP contribution >= 0.6 is 0 Å². The maximum Gasteiger partial charge on any atom is 0.263 e. The van der Waals surface area contributed by atoms with Gasteiger partial charge in [0.05, 0.1) is 5.69 Å². The average molecular weight is 285 g/mol. The van der Waals surface area contributed by atoms with Gasteiger partial charge < -0.3 is 5.73 Å². The van der Waals surface area contributed by atoms with Gasteiger partial charge in [-0.25, -0.2) is 22.2 Å². The highest BCUT2D eigenvalue weighted by Gasteiger charge is 2.16. The minimum Gasteiger partial charge on any atom is -0.384 e. The molecule has 3 N–H and O–H groups in total. The maximum atomic E-state index is 13.4. The fraction of sp³-hybridized carbons (Fsp3) is 0. The number of aromatic nitrogens is 1. The molecule has 1 aromatic carbocycles. The molecular formula is C11H9F2N3O2S. The summed E-state index contributed by atoms with van der Waals surface area (Å²) >= 11 is 0. The first-order valence-electron chi connectivity index (χ1n) is 5.08. The van der Waals surface area contributed by atoms with Crippen molar-refractivity contribution in [3.63, 3.8) is 0 Å². The molecule has 1 aromatic heterocycles. The number of halogens is 2. The van der Waals surface area contributed by atoms with Crippen LogP contribution in [0.4, 0.5) is 20.3 Å². The average Bonchev–Trinajstić information content (AvgIpc) is 2.33. The Bertz CT molecular complexity index is 702. The number of nitrogens with two attached hydrogens (primary N) is 1. The highest BCUT2D eigenvalue weighted by molar-refractivity contribution is 7.92. The van der Waals surface area contributed by atoms with E-state index in [2.05, 4.69) is 4.98 Å². The van der Waals surface area contributed by atoms with E-state index in [1.165, 1.54) is 12.1 Å². The molecule has 0 fully saturated rings. The van der Waals surface area contributed by atoms with Crippen molar-refractivity contribution < 1.29 is 17.2 Å². The Kier molecular flexibility index (Phi) is 3.34. The van der Waals surface area contributed by atoms with Gasteiger partial charge in [0.2, 0.25) is 0 Å². The monoisotopic (exact) mass is 285 g/mol. The molecule has 8 heteroatoms. The Morgan fingerprint density at radius 2 is 1.89 bits per heavy atom. The number of pyridine rings is 1. The molecule has 0 saturated carbocycles. The summed E-state index contributed by atoms with van der Waals surface area (Å²) in [6, 6.07) is 5.05. The number of sulfonamides is 1. The predicted octanol–water partition coefficient (Wildman–Crippen LogP) is 1.74. The van der Waals surface area contributed by atoms with Crippen LogP contribution in [0.3, 0.4) is 0 Å². The smallest absolute Gasteiger partial charge is 0.263 e. The van der Waals surface area contributed by atoms with Crippen LogP contribution in [0.5, 0.6) is 0 Å². The third kappa shape index (κ3) is 2.97. The van der Waals surface area contributed by atoms with Crippen LogP contribution in [-0.2, 0) is 10.0 Å². The molecule has 0 atom stereocenters. The molecule has 100 valence electrons. The van der Waals surface area contributed by atoms with Crippen LogP contribution in [0.25, 0.3) is 0 Å². The van der Waals surface area contributed by atoms with Gasteiger partial charge in [-0.15, -0.1) is 0 Å². The molecule has 0 saturated heterocycles. The number of rotatable bonds is 3. The number of hydrogen-bond acceptors (Lipinski definition) is 4. The van der Waals surface area contributed by atoms with Crippen molar-refractivity contribution in [2.75, 3.05) is 10.5 Å². The van der Waals surface area contributed by atoms with Crippen molar-refractivity contribution in [3.8, 4) is 0 Å². The van der Waals surface area contributed by atoms with Crippen LogP contribution in [0.2, 0.25) is 0 Å². The molecular weight excluding hydrogens is 276 g/mol. The van der Waals surface area contributed by atoms with E-state index in [0.717, 1.165) is 18.3 Å². The van der Waals surface area contributed by atoms with Gasteiger partial charge in [-0.05, 0) is 24.3 Å². The lowest BCUT2D eigenvalue weighted by atomic mass is 10.3. The number of nitrogen functional groups attached to an aromatic ring is 1. The van der Waals surface area contributed by atoms with Gasteiger partial charge in [0.1, 0.15) is 22.3 Å². The van der Waals surface area contributed by atoms with Crippen molar-refractivity contribution in [2.24, 2.45) is 0 Å². The zero-order valence-electron chi connectivity index (χ0n) is 9.47. The zero-order valence-corrected chi connectivity index (χ0v) is 10.3. The van der Waals surface area contributed by atoms with Crippen molar-refractivity contribution in [1.82, 2.24) is 4.98 Å². The molecule has 0 bridgehead atoms. The number of anilines is 2. The number of nitrogens with zero attached hydrogens (tertiary/aromatic N) is 1. The minimum atomic E-state index is -4.00. The first-order valence-corrected chi connectivity index (χ1v) is 6.56. The quantitative estimate of drug-likeness (QED) is 0.899. The van der Waals surface area contributed by atoms with Crippen molar-refractivity contribution >= 4 is 21.5 Å². The Hall–Kier alpha value is -2.22. The van der Waals surface area contributed by atoms with Crippen LogP contribution in [0.1, 0.15) is 0 Å². The number of hydrogen-bond donors (Lipinski definition) is 2. The molecule has 0 radical (unpaired) electrons. The zero-order chi connectivity index (χ0) is 14.0. The summed E-state index contributed by atoms with van der Waals surface area (Å²) in [6.45, 7) is 0. The van der Waals surface area contributed by atoms with E-state index in [1.54, 1.807) is 0 Å². The fourth-order valence-corrected chi connectivity index (χ4v) is 2.34. The Morgan fingerprint density at radius 3 is 2.47 bits per heavy atom. The largest absolute Gasteiger partial charge is 0.384 e. The second kappa shape index (κ2) is 4.81. The van der Waals surface area contributed by atoms with Gasteiger partial charge >= 0.3 is 0 Å². The van der Waals surface area contributed by atoms with E-state index in [1.807, 2.05) is 4.72 Å². The fourth-order valence-electron chi connectivity index (χ4n) is 1.33. The van der Waals surface area contributed by atoms with E-state index in [4.69, 9.17) is 5.73 Å². The lowest BCUT2D eigenvalue weighted by Crippen LogP contribution is -2.14. The predicted molar refractivity (Wildman–Crippen MR) is 65.8 cm³/mol. The van der Waals surface area contributed by atoms with E-state index in [0.29, 0.717) is 6.07 Å². The van der Waals surface area contributed by atoms with Crippen LogP contribution in [-0.4, -0.2) is 13.4 Å². The molecule has 1 heterocycles. The molecule has 0 aliphatic carbocycles. The highest BCUT2D eigenvalue weighted by atomic mass is 32.2. The first-order chi connectivity index (χ1) is 8.88. The molecule has 0 aliphatic heterocycles. The van der Waals surface area contributed by atoms with Gasteiger partial charge in [0.25, 0.3) is 10.0 Å². The third-order valence-electron chi connectivity index (χ3n) is 2.24. The summed E-state index contributed by atoms with van der Waals surface area (Å²) < 4.78 is 51.9. The Balaban J connectivity index is 2.33. The summed E-state index contributed by atoms with van der Waals surface area (Å²) in [6.07, 6.45) is 1.04. The molecule has 19 heavy (non-hydrogen) atoms. The first kappa shape index (κ1) is 13.2. The van der Waals surface area contributed by atoms with Crippen molar-refractivity contribution in [2.45, 2.75) is 4.90 Å². The highest BCUT2D eigenvalue weighted by Crippen LogP contribution is 2.19. The lowest BCUT2D eigenvalue weighted by molar-refractivity contribution is 0.582. The van der Waals surface area contributed by atoms with E-state index in [-0.39, 0.29) is 16.4 Å². The molecule has 0 amide bonds. The molecule has 2 aromatic rings. The van der Waals surface area contributed by atoms with Crippen LogP contribution in [0.15, 0.2) is 41.4 Å². The van der Waals surface area contributed by atoms with E-state index in [9.17, 15) is 17.2 Å². The third-order valence-corrected chi connectivity index (χ3v) is 3.60. The van der Waals surface area contributed by atoms with E-state index >= 15 is 0 Å². The number of benzene rings is 1. The Labute approximate surface area is 108 Å². The standard InChI is InChI=1S/C11H9F2N3O2S/c12-7-1-3-10(9(13)5-7)16-19(17,18)8-2-4-11(14)15-6-8/h1-6,16H,(H2,14,15). The summed E-state index contributed by atoms with van der Waals surface area (Å²) in [5, 5.41) is 0. The number of nitrogens with one attached hydrogen (secondary N) is 1. The molecule has 2 rings (SSSR count). The second-order valence-electron chi connectivity index (χ2n) is 3.65. The van der Waals surface area contributed by atoms with Gasteiger partial charge in [-0.3, -0.25) is 4.72 Å². The molecule has 0 spiro atoms. The van der Waals surface area contributed by atoms with Gasteiger partial charge in [0.15, 0.2) is 0 Å². The topological polar surface area (TPSA) is 85.1 Å². The van der Waals surface area contributed by atoms with Gasteiger partial charge in [0, 0.05) is 12.3 Å². The normalized spacial score (nSPS) is 11.3. The SMILES string of the molecule is Nc1ccc(S(=O)(=O)Nc2ccc(F)cc2F)cn1. The van der Waals surface area contributed by atoms with Crippen molar-refractivity contribution in [3.05, 3.63) is 48.2 Å². The van der Waals surface area contributed by atoms with Crippen molar-refractivity contribution in [1.29, 1.82) is 0 Å².